The van der Waals surface area contributed by atoms with Gasteiger partial charge in [0.25, 0.3) is 0 Å². The summed E-state index contributed by atoms with van der Waals surface area (Å²) in [7, 11) is 0. The number of nitrogens with zero attached hydrogens (tertiary/aromatic N) is 2. The van der Waals surface area contributed by atoms with Crippen molar-refractivity contribution in [1.82, 2.24) is 14.9 Å². The molecule has 1 N–H and O–H groups in total. The second kappa shape index (κ2) is 5.60. The van der Waals surface area contributed by atoms with Crippen LogP contribution in [0.25, 0.3) is 11.0 Å². The number of nitrogens with one attached hydrogen (secondary N) is 1. The van der Waals surface area contributed by atoms with Crippen molar-refractivity contribution in [3.05, 3.63) is 30.1 Å². The van der Waals surface area contributed by atoms with E-state index in [-0.39, 0.29) is 5.41 Å². The third-order valence-corrected chi connectivity index (χ3v) is 4.54. The average Bonchev–Trinajstić information content (AvgIpc) is 3.06. The fourth-order valence-corrected chi connectivity index (χ4v) is 3.15. The predicted octanol–water partition coefficient (Wildman–Crippen LogP) is 2.56. The van der Waals surface area contributed by atoms with Gasteiger partial charge < -0.3 is 9.88 Å². The highest BCUT2D eigenvalue weighted by Gasteiger charge is 2.36. The molecule has 0 bridgehead atoms. The third kappa shape index (κ3) is 2.60. The Kier molecular flexibility index (Phi) is 3.81. The zero-order chi connectivity index (χ0) is 14.9. The Morgan fingerprint density at radius 1 is 1.43 bits per heavy atom. The first-order valence-electron chi connectivity index (χ1n) is 7.82. The average molecular weight is 285 g/mol. The summed E-state index contributed by atoms with van der Waals surface area (Å²) in [6, 6.07) is 8.14. The van der Waals surface area contributed by atoms with Crippen LogP contribution in [0.4, 0.5) is 0 Å². The smallest absolute Gasteiger partial charge is 0.147 e. The number of aromatic nitrogens is 2. The molecule has 0 saturated carbocycles. The molecule has 112 valence electrons. The van der Waals surface area contributed by atoms with Gasteiger partial charge in [0, 0.05) is 18.5 Å². The SMILES string of the molecule is CCCn1c(CC(=O)C2(C)CCNC2)nc2ccccc21. The van der Waals surface area contributed by atoms with Crippen LogP contribution in [0.15, 0.2) is 24.3 Å². The van der Waals surface area contributed by atoms with Crippen LogP contribution in [0.1, 0.15) is 32.5 Å². The monoisotopic (exact) mass is 285 g/mol. The molecule has 1 atom stereocenters. The molecule has 1 unspecified atom stereocenters. The number of hydrogen-bond acceptors (Lipinski definition) is 3. The van der Waals surface area contributed by atoms with Crippen molar-refractivity contribution in [2.24, 2.45) is 5.41 Å². The largest absolute Gasteiger partial charge is 0.328 e. The molecular weight excluding hydrogens is 262 g/mol. The van der Waals surface area contributed by atoms with Crippen LogP contribution in [0.3, 0.4) is 0 Å². The highest BCUT2D eigenvalue weighted by Crippen LogP contribution is 2.28. The second-order valence-electron chi connectivity index (χ2n) is 6.26. The lowest BCUT2D eigenvalue weighted by Crippen LogP contribution is -2.32. The molecule has 21 heavy (non-hydrogen) atoms. The first-order chi connectivity index (χ1) is 10.1. The van der Waals surface area contributed by atoms with E-state index in [1.807, 2.05) is 18.2 Å². The third-order valence-electron chi connectivity index (χ3n) is 4.54. The van der Waals surface area contributed by atoms with Crippen LogP contribution >= 0.6 is 0 Å². The van der Waals surface area contributed by atoms with Crippen LogP contribution < -0.4 is 5.32 Å². The van der Waals surface area contributed by atoms with Crippen molar-refractivity contribution in [2.75, 3.05) is 13.1 Å². The van der Waals surface area contributed by atoms with Gasteiger partial charge in [-0.15, -0.1) is 0 Å². The molecule has 1 aromatic heterocycles. The molecule has 0 spiro atoms. The molecule has 1 aromatic carbocycles. The Morgan fingerprint density at radius 2 is 2.24 bits per heavy atom. The van der Waals surface area contributed by atoms with E-state index in [1.165, 1.54) is 0 Å². The highest BCUT2D eigenvalue weighted by molar-refractivity contribution is 5.87. The Hall–Kier alpha value is -1.68. The molecule has 4 heteroatoms. The predicted molar refractivity (Wildman–Crippen MR) is 84.3 cm³/mol. The number of benzene rings is 1. The minimum absolute atomic E-state index is 0.227. The number of para-hydroxylation sites is 2. The molecule has 2 heterocycles. The molecule has 0 aliphatic carbocycles. The molecule has 1 aliphatic rings. The van der Waals surface area contributed by atoms with Gasteiger partial charge in [0.15, 0.2) is 0 Å². The minimum Gasteiger partial charge on any atom is -0.328 e. The summed E-state index contributed by atoms with van der Waals surface area (Å²) < 4.78 is 2.21. The molecule has 1 saturated heterocycles. The standard InChI is InChI=1S/C17H23N3O/c1-3-10-20-14-7-5-4-6-13(14)19-16(20)11-15(21)17(2)8-9-18-12-17/h4-7,18H,3,8-12H2,1-2H3. The number of fused-ring (bicyclic) bond motifs is 1. The first-order valence-corrected chi connectivity index (χ1v) is 7.82. The second-order valence-corrected chi connectivity index (χ2v) is 6.26. The van der Waals surface area contributed by atoms with Crippen molar-refractivity contribution in [1.29, 1.82) is 0 Å². The Bertz CT molecular complexity index is 653. The molecule has 1 aliphatic heterocycles. The van der Waals surface area contributed by atoms with Crippen molar-refractivity contribution >= 4 is 16.8 Å². The lowest BCUT2D eigenvalue weighted by atomic mass is 9.83. The highest BCUT2D eigenvalue weighted by atomic mass is 16.1. The molecule has 4 nitrogen and oxygen atoms in total. The van der Waals surface area contributed by atoms with Gasteiger partial charge in [-0.05, 0) is 31.5 Å². The molecule has 1 fully saturated rings. The maximum absolute atomic E-state index is 12.7. The number of aryl methyl sites for hydroxylation is 1. The first kappa shape index (κ1) is 14.3. The van der Waals surface area contributed by atoms with E-state index in [2.05, 4.69) is 29.8 Å². The van der Waals surface area contributed by atoms with E-state index in [4.69, 9.17) is 4.98 Å². The number of hydrogen-bond donors (Lipinski definition) is 1. The fourth-order valence-electron chi connectivity index (χ4n) is 3.15. The van der Waals surface area contributed by atoms with E-state index in [9.17, 15) is 4.79 Å². The van der Waals surface area contributed by atoms with Crippen LogP contribution in [0.5, 0.6) is 0 Å². The Labute approximate surface area is 125 Å². The molecule has 3 rings (SSSR count). The topological polar surface area (TPSA) is 46.9 Å². The quantitative estimate of drug-likeness (QED) is 0.918. The zero-order valence-corrected chi connectivity index (χ0v) is 12.9. The van der Waals surface area contributed by atoms with Gasteiger partial charge in [-0.2, -0.15) is 0 Å². The van der Waals surface area contributed by atoms with Gasteiger partial charge >= 0.3 is 0 Å². The van der Waals surface area contributed by atoms with Crippen molar-refractivity contribution in [3.63, 3.8) is 0 Å². The van der Waals surface area contributed by atoms with Crippen LogP contribution in [0, 0.1) is 5.41 Å². The molecule has 0 radical (unpaired) electrons. The Balaban J connectivity index is 1.92. The van der Waals surface area contributed by atoms with Crippen LogP contribution in [0.2, 0.25) is 0 Å². The van der Waals surface area contributed by atoms with Gasteiger partial charge in [-0.25, -0.2) is 4.98 Å². The zero-order valence-electron chi connectivity index (χ0n) is 12.9. The molecule has 2 aromatic rings. The summed E-state index contributed by atoms with van der Waals surface area (Å²) in [5, 5.41) is 3.30. The maximum atomic E-state index is 12.7. The number of ketones is 1. The van der Waals surface area contributed by atoms with E-state index < -0.39 is 0 Å². The van der Waals surface area contributed by atoms with Gasteiger partial charge in [0.05, 0.1) is 17.5 Å². The number of rotatable bonds is 5. The molecular formula is C17H23N3O. The lowest BCUT2D eigenvalue weighted by molar-refractivity contribution is -0.126. The van der Waals surface area contributed by atoms with E-state index in [0.717, 1.165) is 49.3 Å². The normalized spacial score (nSPS) is 22.0. The van der Waals surface area contributed by atoms with Gasteiger partial charge in [-0.1, -0.05) is 26.0 Å². The van der Waals surface area contributed by atoms with Crippen molar-refractivity contribution in [2.45, 2.75) is 39.7 Å². The van der Waals surface area contributed by atoms with Crippen LogP contribution in [-0.4, -0.2) is 28.4 Å². The van der Waals surface area contributed by atoms with Crippen molar-refractivity contribution < 1.29 is 4.79 Å². The summed E-state index contributed by atoms with van der Waals surface area (Å²) in [6.45, 7) is 6.87. The number of carbonyl (C=O) groups is 1. The summed E-state index contributed by atoms with van der Waals surface area (Å²) in [5.41, 5.74) is 1.90. The van der Waals surface area contributed by atoms with Crippen LogP contribution in [-0.2, 0) is 17.8 Å². The van der Waals surface area contributed by atoms with Gasteiger partial charge in [0.1, 0.15) is 11.6 Å². The fraction of sp³-hybridized carbons (Fsp3) is 0.529. The van der Waals surface area contributed by atoms with E-state index in [0.29, 0.717) is 12.2 Å². The van der Waals surface area contributed by atoms with E-state index >= 15 is 0 Å². The number of carbonyl (C=O) groups excluding carboxylic acids is 1. The lowest BCUT2D eigenvalue weighted by Gasteiger charge is -2.20. The molecule has 0 amide bonds. The van der Waals surface area contributed by atoms with Gasteiger partial charge in [-0.3, -0.25) is 4.79 Å². The van der Waals surface area contributed by atoms with E-state index in [1.54, 1.807) is 0 Å². The van der Waals surface area contributed by atoms with Gasteiger partial charge in [0.2, 0.25) is 0 Å². The van der Waals surface area contributed by atoms with Crippen molar-refractivity contribution in [3.8, 4) is 0 Å². The summed E-state index contributed by atoms with van der Waals surface area (Å²) >= 11 is 0. The Morgan fingerprint density at radius 3 is 2.95 bits per heavy atom. The summed E-state index contributed by atoms with van der Waals surface area (Å²) in [6.07, 6.45) is 2.41. The number of imidazole rings is 1. The minimum atomic E-state index is -0.227. The summed E-state index contributed by atoms with van der Waals surface area (Å²) in [4.78, 5) is 17.4. The summed E-state index contributed by atoms with van der Waals surface area (Å²) in [5.74, 6) is 1.22. The maximum Gasteiger partial charge on any atom is 0.147 e. The number of Topliss-reactive ketones (excluding diaryl/α,β-unsaturated/α-hetero) is 1.